The van der Waals surface area contributed by atoms with E-state index in [0.717, 1.165) is 12.8 Å². The van der Waals surface area contributed by atoms with Gasteiger partial charge in [-0.05, 0) is 47.8 Å². The first-order valence-corrected chi connectivity index (χ1v) is 7.11. The molecule has 0 bridgehead atoms. The lowest BCUT2D eigenvalue weighted by Gasteiger charge is -2.22. The fourth-order valence-electron chi connectivity index (χ4n) is 2.42. The molecule has 1 aromatic rings. The lowest BCUT2D eigenvalue weighted by molar-refractivity contribution is -0.0305. The molecule has 0 spiro atoms. The van der Waals surface area contributed by atoms with Crippen molar-refractivity contribution in [3.8, 4) is 11.5 Å². The predicted octanol–water partition coefficient (Wildman–Crippen LogP) is 3.07. The summed E-state index contributed by atoms with van der Waals surface area (Å²) in [5, 5.41) is 10.5. The van der Waals surface area contributed by atoms with E-state index in [4.69, 9.17) is 14.2 Å². The van der Waals surface area contributed by atoms with Crippen molar-refractivity contribution in [2.45, 2.75) is 38.1 Å². The van der Waals surface area contributed by atoms with Crippen LogP contribution in [0.5, 0.6) is 11.5 Å². The maximum Gasteiger partial charge on any atom is 0.142 e. The molecule has 1 heterocycles. The van der Waals surface area contributed by atoms with Gasteiger partial charge in [0.2, 0.25) is 0 Å². The van der Waals surface area contributed by atoms with E-state index in [2.05, 4.69) is 15.9 Å². The average Bonchev–Trinajstić information content (AvgIpc) is 2.84. The second-order valence-electron chi connectivity index (χ2n) is 4.71. The topological polar surface area (TPSA) is 47.9 Å². The van der Waals surface area contributed by atoms with Crippen LogP contribution in [0.15, 0.2) is 16.6 Å². The van der Waals surface area contributed by atoms with E-state index >= 15 is 0 Å². The molecule has 3 atom stereocenters. The van der Waals surface area contributed by atoms with Crippen molar-refractivity contribution in [1.29, 1.82) is 0 Å². The second-order valence-corrected chi connectivity index (χ2v) is 5.50. The largest absolute Gasteiger partial charge is 0.495 e. The highest BCUT2D eigenvalue weighted by Gasteiger charge is 2.31. The van der Waals surface area contributed by atoms with Crippen LogP contribution in [0.1, 0.15) is 31.4 Å². The van der Waals surface area contributed by atoms with Crippen molar-refractivity contribution in [3.05, 3.63) is 22.2 Å². The van der Waals surface area contributed by atoms with Gasteiger partial charge in [-0.15, -0.1) is 0 Å². The predicted molar refractivity (Wildman–Crippen MR) is 75.8 cm³/mol. The zero-order valence-corrected chi connectivity index (χ0v) is 12.9. The highest BCUT2D eigenvalue weighted by molar-refractivity contribution is 9.10. The molecule has 1 N–H and O–H groups in total. The molecule has 1 aliphatic rings. The number of aliphatic hydroxyl groups excluding tert-OH is 1. The van der Waals surface area contributed by atoms with Crippen LogP contribution in [0.3, 0.4) is 0 Å². The van der Waals surface area contributed by atoms with Gasteiger partial charge < -0.3 is 19.3 Å². The van der Waals surface area contributed by atoms with Crippen LogP contribution in [0.4, 0.5) is 0 Å². The Morgan fingerprint density at radius 2 is 2.05 bits per heavy atom. The Hall–Kier alpha value is -0.780. The SMILES string of the molecule is COc1ccc(C(O)C2CCC(C)O2)c(OC)c1Br. The summed E-state index contributed by atoms with van der Waals surface area (Å²) in [6.07, 6.45) is 1.16. The van der Waals surface area contributed by atoms with Gasteiger partial charge in [-0.1, -0.05) is 0 Å². The summed E-state index contributed by atoms with van der Waals surface area (Å²) in [6.45, 7) is 2.02. The Balaban J connectivity index is 2.31. The highest BCUT2D eigenvalue weighted by Crippen LogP contribution is 2.42. The molecule has 106 valence electrons. The molecule has 1 fully saturated rings. The van der Waals surface area contributed by atoms with E-state index in [1.54, 1.807) is 14.2 Å². The van der Waals surface area contributed by atoms with Crippen LogP contribution < -0.4 is 9.47 Å². The smallest absolute Gasteiger partial charge is 0.142 e. The molecule has 3 unspecified atom stereocenters. The van der Waals surface area contributed by atoms with E-state index in [1.165, 1.54) is 0 Å². The Morgan fingerprint density at radius 3 is 2.58 bits per heavy atom. The standard InChI is InChI=1S/C14H19BrO4/c1-8-4-6-11(19-8)13(16)9-5-7-10(17-2)12(15)14(9)18-3/h5,7-8,11,13,16H,4,6H2,1-3H3. The van der Waals surface area contributed by atoms with Gasteiger partial charge in [-0.3, -0.25) is 0 Å². The lowest BCUT2D eigenvalue weighted by atomic mass is 10.0. The van der Waals surface area contributed by atoms with E-state index in [-0.39, 0.29) is 12.2 Å². The van der Waals surface area contributed by atoms with Gasteiger partial charge in [0.05, 0.1) is 26.4 Å². The van der Waals surface area contributed by atoms with Gasteiger partial charge in [0.25, 0.3) is 0 Å². The van der Waals surface area contributed by atoms with Gasteiger partial charge in [-0.25, -0.2) is 0 Å². The number of hydrogen-bond acceptors (Lipinski definition) is 4. The molecule has 5 heteroatoms. The first-order chi connectivity index (χ1) is 9.08. The second kappa shape index (κ2) is 6.11. The number of methoxy groups -OCH3 is 2. The lowest BCUT2D eigenvalue weighted by Crippen LogP contribution is -2.19. The Kier molecular flexibility index (Phi) is 4.71. The van der Waals surface area contributed by atoms with Gasteiger partial charge in [-0.2, -0.15) is 0 Å². The van der Waals surface area contributed by atoms with Crippen molar-refractivity contribution in [1.82, 2.24) is 0 Å². The number of halogens is 1. The average molecular weight is 331 g/mol. The number of rotatable bonds is 4. The minimum atomic E-state index is -0.692. The molecule has 19 heavy (non-hydrogen) atoms. The van der Waals surface area contributed by atoms with Crippen molar-refractivity contribution in [2.75, 3.05) is 14.2 Å². The van der Waals surface area contributed by atoms with Crippen LogP contribution in [-0.2, 0) is 4.74 Å². The van der Waals surface area contributed by atoms with Crippen molar-refractivity contribution < 1.29 is 19.3 Å². The third-order valence-corrected chi connectivity index (χ3v) is 4.20. The monoisotopic (exact) mass is 330 g/mol. The summed E-state index contributed by atoms with van der Waals surface area (Å²) in [5.74, 6) is 1.27. The molecule has 2 rings (SSSR count). The van der Waals surface area contributed by atoms with E-state index in [0.29, 0.717) is 21.5 Å². The molecule has 0 aromatic heterocycles. The quantitative estimate of drug-likeness (QED) is 0.921. The van der Waals surface area contributed by atoms with Gasteiger partial charge in [0.1, 0.15) is 22.1 Å². The zero-order valence-electron chi connectivity index (χ0n) is 11.4. The van der Waals surface area contributed by atoms with E-state index in [9.17, 15) is 5.11 Å². The van der Waals surface area contributed by atoms with Crippen LogP contribution in [0, 0.1) is 0 Å². The minimum absolute atomic E-state index is 0.177. The van der Waals surface area contributed by atoms with Gasteiger partial charge >= 0.3 is 0 Å². The fraction of sp³-hybridized carbons (Fsp3) is 0.571. The van der Waals surface area contributed by atoms with Crippen LogP contribution in [0.2, 0.25) is 0 Å². The number of benzene rings is 1. The first-order valence-electron chi connectivity index (χ1n) is 6.32. The van der Waals surface area contributed by atoms with Crippen molar-refractivity contribution in [2.24, 2.45) is 0 Å². The molecular weight excluding hydrogens is 312 g/mol. The molecular formula is C14H19BrO4. The normalized spacial score (nSPS) is 24.3. The number of ether oxygens (including phenoxy) is 3. The van der Waals surface area contributed by atoms with Crippen LogP contribution >= 0.6 is 15.9 Å². The third-order valence-electron chi connectivity index (χ3n) is 3.45. The summed E-state index contributed by atoms with van der Waals surface area (Å²) in [6, 6.07) is 3.63. The molecule has 0 aliphatic carbocycles. The Morgan fingerprint density at radius 1 is 1.32 bits per heavy atom. The fourth-order valence-corrected chi connectivity index (χ4v) is 3.10. The molecule has 0 radical (unpaired) electrons. The van der Waals surface area contributed by atoms with Crippen molar-refractivity contribution >= 4 is 15.9 Å². The van der Waals surface area contributed by atoms with E-state index in [1.807, 2.05) is 19.1 Å². The third kappa shape index (κ3) is 2.88. The number of hydrogen-bond donors (Lipinski definition) is 1. The molecule has 1 aliphatic heterocycles. The Labute approximate surface area is 121 Å². The molecule has 0 saturated carbocycles. The van der Waals surface area contributed by atoms with Crippen molar-refractivity contribution in [3.63, 3.8) is 0 Å². The minimum Gasteiger partial charge on any atom is -0.495 e. The zero-order chi connectivity index (χ0) is 14.0. The summed E-state index contributed by atoms with van der Waals surface area (Å²) in [5.41, 5.74) is 0.717. The summed E-state index contributed by atoms with van der Waals surface area (Å²) >= 11 is 3.44. The molecule has 0 amide bonds. The Bertz CT molecular complexity index is 449. The number of aliphatic hydroxyl groups is 1. The van der Waals surface area contributed by atoms with Gasteiger partial charge in [0, 0.05) is 5.56 Å². The van der Waals surface area contributed by atoms with E-state index < -0.39 is 6.10 Å². The maximum atomic E-state index is 10.5. The molecule has 4 nitrogen and oxygen atoms in total. The van der Waals surface area contributed by atoms with Crippen LogP contribution in [-0.4, -0.2) is 31.5 Å². The summed E-state index contributed by atoms with van der Waals surface area (Å²) < 4.78 is 17.0. The van der Waals surface area contributed by atoms with Crippen LogP contribution in [0.25, 0.3) is 0 Å². The summed E-state index contributed by atoms with van der Waals surface area (Å²) in [4.78, 5) is 0. The molecule has 1 saturated heterocycles. The maximum absolute atomic E-state index is 10.5. The summed E-state index contributed by atoms with van der Waals surface area (Å²) in [7, 11) is 3.17. The van der Waals surface area contributed by atoms with Gasteiger partial charge in [0.15, 0.2) is 0 Å². The highest BCUT2D eigenvalue weighted by atomic mass is 79.9. The molecule has 1 aromatic carbocycles. The first kappa shape index (κ1) is 14.6.